The summed E-state index contributed by atoms with van der Waals surface area (Å²) in [6.07, 6.45) is 1.55. The molecule has 0 bridgehead atoms. The Morgan fingerprint density at radius 3 is 2.59 bits per heavy atom. The van der Waals surface area contributed by atoms with E-state index in [2.05, 4.69) is 4.98 Å². The highest BCUT2D eigenvalue weighted by atomic mass is 35.5. The summed E-state index contributed by atoms with van der Waals surface area (Å²) in [4.78, 5) is 14.9. The Balaban J connectivity index is 1.90. The van der Waals surface area contributed by atoms with Crippen LogP contribution in [0.2, 0.25) is 5.15 Å². The Hall–Kier alpha value is -2.48. The molecule has 0 unspecified atom stereocenters. The van der Waals surface area contributed by atoms with E-state index in [0.29, 0.717) is 21.0 Å². The third-order valence-electron chi connectivity index (χ3n) is 4.17. The smallest absolute Gasteiger partial charge is 0.257 e. The molecule has 4 rings (SSSR count). The van der Waals surface area contributed by atoms with Crippen LogP contribution >= 0.6 is 22.9 Å². The monoisotopic (exact) mass is 416 g/mol. The number of aromatic nitrogens is 1. The van der Waals surface area contributed by atoms with Gasteiger partial charge in [0.25, 0.3) is 6.29 Å². The Labute approximate surface area is 163 Å². The molecule has 27 heavy (non-hydrogen) atoms. The van der Waals surface area contributed by atoms with E-state index in [9.17, 15) is 18.3 Å². The third kappa shape index (κ3) is 3.07. The summed E-state index contributed by atoms with van der Waals surface area (Å²) in [7, 11) is -3.57. The van der Waals surface area contributed by atoms with Crippen molar-refractivity contribution in [2.75, 3.05) is 0 Å². The molecule has 5 nitrogen and oxygen atoms in total. The molecule has 2 heterocycles. The molecule has 0 aliphatic rings. The van der Waals surface area contributed by atoms with Gasteiger partial charge >= 0.3 is 0 Å². The average Bonchev–Trinajstić information content (AvgIpc) is 3.04. The van der Waals surface area contributed by atoms with Crippen LogP contribution in [0, 0.1) is 0 Å². The van der Waals surface area contributed by atoms with E-state index in [0.717, 1.165) is 4.70 Å². The molecule has 1 N–H and O–H groups in total. The zero-order chi connectivity index (χ0) is 19.2. The number of thiophene rings is 1. The van der Waals surface area contributed by atoms with Gasteiger partial charge < -0.3 is 5.11 Å². The lowest BCUT2D eigenvalue weighted by Crippen LogP contribution is -2.04. The lowest BCUT2D eigenvalue weighted by molar-refractivity contribution is 0.476. The summed E-state index contributed by atoms with van der Waals surface area (Å²) in [5.41, 5.74) is 0.423. The quantitative estimate of drug-likeness (QED) is 0.503. The highest BCUT2D eigenvalue weighted by Crippen LogP contribution is 2.43. The molecule has 0 spiro atoms. The summed E-state index contributed by atoms with van der Waals surface area (Å²) < 4.78 is 26.7. The lowest BCUT2D eigenvalue weighted by atomic mass is 10.2. The zero-order valence-electron chi connectivity index (χ0n) is 13.6. The fourth-order valence-electron chi connectivity index (χ4n) is 2.90. The summed E-state index contributed by atoms with van der Waals surface area (Å²) in [6.45, 7) is 0. The number of fused-ring (bicyclic) bond motifs is 3. The molecule has 2 aromatic carbocycles. The molecule has 0 saturated carbocycles. The zero-order valence-corrected chi connectivity index (χ0v) is 16.0. The van der Waals surface area contributed by atoms with Crippen LogP contribution in [-0.2, 0) is 20.4 Å². The van der Waals surface area contributed by atoms with E-state index >= 15 is 0 Å². The van der Waals surface area contributed by atoms with Gasteiger partial charge in [-0.15, -0.1) is 11.3 Å². The van der Waals surface area contributed by atoms with Gasteiger partial charge in [0, 0.05) is 15.5 Å². The van der Waals surface area contributed by atoms with Gasteiger partial charge in [0.1, 0.15) is 5.15 Å². The number of hydrogen-bond donors (Lipinski definition) is 1. The predicted octanol–water partition coefficient (Wildman–Crippen LogP) is 4.24. The lowest BCUT2D eigenvalue weighted by Gasteiger charge is -2.05. The number of hydrogen-bond acceptors (Lipinski definition) is 6. The minimum atomic E-state index is -3.57. The van der Waals surface area contributed by atoms with E-state index in [1.54, 1.807) is 36.6 Å². The number of nitrogens with zero attached hydrogens (tertiary/aromatic N) is 1. The first-order valence-electron chi connectivity index (χ1n) is 7.80. The molecule has 4 aromatic rings. The van der Waals surface area contributed by atoms with Crippen molar-refractivity contribution in [1.82, 2.24) is 4.98 Å². The largest absolute Gasteiger partial charge is 0.504 e. The third-order valence-corrected chi connectivity index (χ3v) is 7.31. The van der Waals surface area contributed by atoms with Crippen molar-refractivity contribution >= 4 is 59.2 Å². The van der Waals surface area contributed by atoms with Crippen molar-refractivity contribution < 1.29 is 18.3 Å². The number of halogens is 1. The molecule has 0 saturated heterocycles. The maximum absolute atomic E-state index is 12.8. The minimum Gasteiger partial charge on any atom is -0.504 e. The number of carbonyl (C=O) groups excluding carboxylic acids is 1. The van der Waals surface area contributed by atoms with Gasteiger partial charge in [-0.3, -0.25) is 4.79 Å². The maximum atomic E-state index is 12.8. The summed E-state index contributed by atoms with van der Waals surface area (Å²) in [5, 5.41) is 11.2. The minimum absolute atomic E-state index is 0.0185. The normalized spacial score (nSPS) is 11.9. The molecule has 0 fully saturated rings. The summed E-state index contributed by atoms with van der Waals surface area (Å²) in [6, 6.07) is 13.6. The van der Waals surface area contributed by atoms with Gasteiger partial charge in [-0.1, -0.05) is 41.9 Å². The van der Waals surface area contributed by atoms with E-state index in [4.69, 9.17) is 11.6 Å². The molecular formula is C19H11ClNO4S2. The van der Waals surface area contributed by atoms with E-state index in [1.165, 1.54) is 23.5 Å². The van der Waals surface area contributed by atoms with Crippen molar-refractivity contribution in [2.45, 2.75) is 10.6 Å². The predicted molar refractivity (Wildman–Crippen MR) is 106 cm³/mol. The molecule has 135 valence electrons. The Morgan fingerprint density at radius 2 is 1.89 bits per heavy atom. The van der Waals surface area contributed by atoms with Gasteiger partial charge in [0.05, 0.1) is 15.3 Å². The second-order valence-corrected chi connectivity index (χ2v) is 9.31. The van der Waals surface area contributed by atoms with E-state index in [-0.39, 0.29) is 27.2 Å². The first kappa shape index (κ1) is 17.9. The Morgan fingerprint density at radius 1 is 1.15 bits per heavy atom. The maximum Gasteiger partial charge on any atom is 0.257 e. The standard InChI is InChI=1S/C19H11ClNO4S2/c20-19-16-13-8-12(27(24,25)10-11-4-2-1-3-5-11)6-7-15(13)26-18(16)17(23)14(9-22)21-19/h1-8,23H,10H2. The van der Waals surface area contributed by atoms with Crippen molar-refractivity contribution in [2.24, 2.45) is 0 Å². The molecular weight excluding hydrogens is 406 g/mol. The second kappa shape index (κ2) is 6.60. The van der Waals surface area contributed by atoms with Crippen LogP contribution in [0.1, 0.15) is 11.3 Å². The molecule has 0 aliphatic carbocycles. The highest BCUT2D eigenvalue weighted by Gasteiger charge is 2.21. The topological polar surface area (TPSA) is 84.3 Å². The molecule has 2 aromatic heterocycles. The van der Waals surface area contributed by atoms with E-state index in [1.807, 2.05) is 6.07 Å². The van der Waals surface area contributed by atoms with Crippen molar-refractivity contribution in [3.63, 3.8) is 0 Å². The first-order valence-corrected chi connectivity index (χ1v) is 10.6. The summed E-state index contributed by atoms with van der Waals surface area (Å²) >= 11 is 7.39. The van der Waals surface area contributed by atoms with Gasteiger partial charge in [0.2, 0.25) is 0 Å². The Bertz CT molecular complexity index is 1300. The van der Waals surface area contributed by atoms with Crippen LogP contribution in [0.4, 0.5) is 0 Å². The van der Waals surface area contributed by atoms with Crippen LogP contribution < -0.4 is 0 Å². The van der Waals surface area contributed by atoms with Crippen molar-refractivity contribution in [3.8, 4) is 5.75 Å². The van der Waals surface area contributed by atoms with Gasteiger partial charge in [-0.25, -0.2) is 13.4 Å². The fourth-order valence-corrected chi connectivity index (χ4v) is 5.74. The number of benzene rings is 2. The number of rotatable bonds is 4. The van der Waals surface area contributed by atoms with Crippen LogP contribution in [0.15, 0.2) is 53.4 Å². The number of aromatic hydroxyl groups is 1. The van der Waals surface area contributed by atoms with Gasteiger partial charge in [-0.2, -0.15) is 0 Å². The molecule has 1 radical (unpaired) electrons. The van der Waals surface area contributed by atoms with Gasteiger partial charge in [0.15, 0.2) is 21.3 Å². The van der Waals surface area contributed by atoms with Crippen LogP contribution in [0.25, 0.3) is 20.2 Å². The van der Waals surface area contributed by atoms with Gasteiger partial charge in [-0.05, 0) is 23.8 Å². The molecule has 8 heteroatoms. The first-order chi connectivity index (χ1) is 12.9. The second-order valence-electron chi connectivity index (χ2n) is 5.91. The fraction of sp³-hybridized carbons (Fsp3) is 0.0526. The molecule has 0 aliphatic heterocycles. The average molecular weight is 417 g/mol. The molecule has 0 atom stereocenters. The summed E-state index contributed by atoms with van der Waals surface area (Å²) in [5.74, 6) is -0.428. The number of sulfone groups is 1. The SMILES string of the molecule is O=[C]c1nc(Cl)c2c(sc3ccc(S(=O)(=O)Cc4ccccc4)cc32)c1O. The Kier molecular flexibility index (Phi) is 4.38. The highest BCUT2D eigenvalue weighted by molar-refractivity contribution is 7.90. The van der Waals surface area contributed by atoms with Crippen LogP contribution in [0.3, 0.4) is 0 Å². The van der Waals surface area contributed by atoms with Crippen molar-refractivity contribution in [3.05, 3.63) is 64.9 Å². The van der Waals surface area contributed by atoms with E-state index < -0.39 is 9.84 Å². The van der Waals surface area contributed by atoms with Crippen LogP contribution in [-0.4, -0.2) is 24.8 Å². The van der Waals surface area contributed by atoms with Crippen LogP contribution in [0.5, 0.6) is 5.75 Å². The molecule has 0 amide bonds. The van der Waals surface area contributed by atoms with Crippen molar-refractivity contribution in [1.29, 1.82) is 0 Å². The number of pyridine rings is 1.